The maximum Gasteiger partial charge on any atom is 0.175 e. The lowest BCUT2D eigenvalue weighted by Crippen LogP contribution is -2.18. The van der Waals surface area contributed by atoms with Gasteiger partial charge in [-0.3, -0.25) is 4.68 Å². The van der Waals surface area contributed by atoms with Gasteiger partial charge in [0.05, 0.1) is 11.1 Å². The van der Waals surface area contributed by atoms with Crippen molar-refractivity contribution in [2.24, 2.45) is 7.05 Å². The van der Waals surface area contributed by atoms with Gasteiger partial charge in [-0.05, 0) is 31.5 Å². The van der Waals surface area contributed by atoms with Gasteiger partial charge in [0, 0.05) is 37.1 Å². The Morgan fingerprint density at radius 1 is 1.29 bits per heavy atom. The molecule has 0 spiro atoms. The largest absolute Gasteiger partial charge is 0.306 e. The fourth-order valence-electron chi connectivity index (χ4n) is 2.10. The maximum absolute atomic E-state index is 11.4. The van der Waals surface area contributed by atoms with E-state index < -0.39 is 9.84 Å². The average Bonchev–Trinajstić information content (AvgIpc) is 2.75. The molecule has 6 heteroatoms. The van der Waals surface area contributed by atoms with E-state index in [-0.39, 0.29) is 6.04 Å². The summed E-state index contributed by atoms with van der Waals surface area (Å²) in [7, 11) is -1.21. The molecule has 1 unspecified atom stereocenters. The third kappa shape index (κ3) is 3.71. The summed E-state index contributed by atoms with van der Waals surface area (Å²) in [5, 5.41) is 7.64. The molecule has 0 amide bonds. The van der Waals surface area contributed by atoms with E-state index in [0.717, 1.165) is 23.4 Å². The van der Waals surface area contributed by atoms with Crippen LogP contribution in [0.4, 0.5) is 0 Å². The van der Waals surface area contributed by atoms with E-state index in [0.29, 0.717) is 4.90 Å². The monoisotopic (exact) mass is 307 g/mol. The molecule has 0 saturated heterocycles. The first-order chi connectivity index (χ1) is 9.79. The van der Waals surface area contributed by atoms with Crippen LogP contribution < -0.4 is 5.32 Å². The minimum absolute atomic E-state index is 0.137. The average molecular weight is 307 g/mol. The van der Waals surface area contributed by atoms with Crippen LogP contribution in [0.25, 0.3) is 0 Å². The van der Waals surface area contributed by atoms with Crippen LogP contribution in [0.5, 0.6) is 0 Å². The molecule has 0 saturated carbocycles. The van der Waals surface area contributed by atoms with E-state index in [4.69, 9.17) is 0 Å². The van der Waals surface area contributed by atoms with Crippen LogP contribution in [0.1, 0.15) is 29.8 Å². The number of sulfone groups is 1. The highest BCUT2D eigenvalue weighted by Crippen LogP contribution is 2.17. The summed E-state index contributed by atoms with van der Waals surface area (Å²) in [6.07, 6.45) is 3.08. The van der Waals surface area contributed by atoms with E-state index in [1.165, 1.54) is 6.26 Å². The van der Waals surface area contributed by atoms with Crippen LogP contribution in [0.15, 0.2) is 35.4 Å². The van der Waals surface area contributed by atoms with Crippen molar-refractivity contribution in [3.63, 3.8) is 0 Å². The quantitative estimate of drug-likeness (QED) is 0.917. The molecule has 1 aromatic carbocycles. The zero-order chi connectivity index (χ0) is 15.6. The van der Waals surface area contributed by atoms with Crippen molar-refractivity contribution in [3.8, 4) is 0 Å². The SMILES string of the molecule is Cc1c(CNC(C)c2ccc(S(C)(=O)=O)cc2)cnn1C. The molecule has 1 heterocycles. The number of aryl methyl sites for hydroxylation is 1. The zero-order valence-corrected chi connectivity index (χ0v) is 13.6. The highest BCUT2D eigenvalue weighted by Gasteiger charge is 2.10. The van der Waals surface area contributed by atoms with E-state index in [1.807, 2.05) is 37.0 Å². The molecule has 0 fully saturated rings. The van der Waals surface area contributed by atoms with Crippen molar-refractivity contribution in [2.75, 3.05) is 6.26 Å². The van der Waals surface area contributed by atoms with Crippen LogP contribution >= 0.6 is 0 Å². The molecule has 0 aliphatic rings. The number of rotatable bonds is 5. The van der Waals surface area contributed by atoms with Crippen molar-refractivity contribution in [1.82, 2.24) is 15.1 Å². The molecule has 1 N–H and O–H groups in total. The summed E-state index contributed by atoms with van der Waals surface area (Å²) in [5.74, 6) is 0. The van der Waals surface area contributed by atoms with Crippen molar-refractivity contribution < 1.29 is 8.42 Å². The van der Waals surface area contributed by atoms with Gasteiger partial charge in [-0.25, -0.2) is 8.42 Å². The predicted molar refractivity (Wildman–Crippen MR) is 82.8 cm³/mol. The predicted octanol–water partition coefficient (Wildman–Crippen LogP) is 1.98. The standard InChI is InChI=1S/C15H21N3O2S/c1-11(16-9-14-10-17-18(3)12(14)2)13-5-7-15(8-6-13)21(4,19)20/h5-8,10-11,16H,9H2,1-4H3. The Labute approximate surface area is 125 Å². The van der Waals surface area contributed by atoms with Crippen molar-refractivity contribution in [2.45, 2.75) is 31.3 Å². The minimum atomic E-state index is -3.13. The van der Waals surface area contributed by atoms with Crippen LogP contribution in [-0.2, 0) is 23.4 Å². The van der Waals surface area contributed by atoms with E-state index >= 15 is 0 Å². The second kappa shape index (κ2) is 5.99. The highest BCUT2D eigenvalue weighted by molar-refractivity contribution is 7.90. The number of benzene rings is 1. The molecule has 0 aliphatic heterocycles. The Hall–Kier alpha value is -1.66. The van der Waals surface area contributed by atoms with Gasteiger partial charge in [-0.15, -0.1) is 0 Å². The van der Waals surface area contributed by atoms with Gasteiger partial charge in [0.2, 0.25) is 0 Å². The molecule has 5 nitrogen and oxygen atoms in total. The fraction of sp³-hybridized carbons (Fsp3) is 0.400. The summed E-state index contributed by atoms with van der Waals surface area (Å²) in [4.78, 5) is 0.349. The number of hydrogen-bond acceptors (Lipinski definition) is 4. The molecule has 21 heavy (non-hydrogen) atoms. The summed E-state index contributed by atoms with van der Waals surface area (Å²) < 4.78 is 24.7. The van der Waals surface area contributed by atoms with Crippen molar-refractivity contribution >= 4 is 9.84 Å². The normalized spacial score (nSPS) is 13.3. The van der Waals surface area contributed by atoms with Gasteiger partial charge >= 0.3 is 0 Å². The number of nitrogens with one attached hydrogen (secondary N) is 1. The topological polar surface area (TPSA) is 64.0 Å². The Balaban J connectivity index is 2.03. The van der Waals surface area contributed by atoms with Crippen LogP contribution in [0.3, 0.4) is 0 Å². The smallest absolute Gasteiger partial charge is 0.175 e. The van der Waals surface area contributed by atoms with Gasteiger partial charge in [0.15, 0.2) is 9.84 Å². The minimum Gasteiger partial charge on any atom is -0.306 e. The zero-order valence-electron chi connectivity index (χ0n) is 12.8. The van der Waals surface area contributed by atoms with Crippen LogP contribution in [-0.4, -0.2) is 24.5 Å². The third-order valence-electron chi connectivity index (χ3n) is 3.74. The molecule has 0 bridgehead atoms. The fourth-order valence-corrected chi connectivity index (χ4v) is 2.73. The van der Waals surface area contributed by atoms with Crippen molar-refractivity contribution in [3.05, 3.63) is 47.3 Å². The maximum atomic E-state index is 11.4. The molecular formula is C15H21N3O2S. The summed E-state index contributed by atoms with van der Waals surface area (Å²) in [5.41, 5.74) is 3.36. The summed E-state index contributed by atoms with van der Waals surface area (Å²) in [6.45, 7) is 4.82. The molecule has 1 atom stereocenters. The van der Waals surface area contributed by atoms with Crippen molar-refractivity contribution in [1.29, 1.82) is 0 Å². The Morgan fingerprint density at radius 2 is 1.90 bits per heavy atom. The van der Waals surface area contributed by atoms with Gasteiger partial charge in [0.25, 0.3) is 0 Å². The van der Waals surface area contributed by atoms with Gasteiger partial charge in [-0.1, -0.05) is 12.1 Å². The molecular weight excluding hydrogens is 286 g/mol. The Bertz CT molecular complexity index is 718. The third-order valence-corrected chi connectivity index (χ3v) is 4.87. The van der Waals surface area contributed by atoms with Gasteiger partial charge < -0.3 is 5.32 Å². The molecule has 1 aromatic heterocycles. The first-order valence-electron chi connectivity index (χ1n) is 6.80. The first kappa shape index (κ1) is 15.7. The molecule has 0 radical (unpaired) electrons. The van der Waals surface area contributed by atoms with Gasteiger partial charge in [0.1, 0.15) is 0 Å². The number of nitrogens with zero attached hydrogens (tertiary/aromatic N) is 2. The lowest BCUT2D eigenvalue weighted by atomic mass is 10.1. The second-order valence-corrected chi connectivity index (χ2v) is 7.34. The molecule has 0 aliphatic carbocycles. The summed E-state index contributed by atoms with van der Waals surface area (Å²) >= 11 is 0. The molecule has 2 rings (SSSR count). The second-order valence-electron chi connectivity index (χ2n) is 5.32. The molecule has 114 valence electrons. The van der Waals surface area contributed by atoms with E-state index in [2.05, 4.69) is 17.3 Å². The van der Waals surface area contributed by atoms with Crippen LogP contribution in [0.2, 0.25) is 0 Å². The summed E-state index contributed by atoms with van der Waals surface area (Å²) in [6, 6.07) is 7.14. The Morgan fingerprint density at radius 3 is 2.38 bits per heavy atom. The van der Waals surface area contributed by atoms with E-state index in [9.17, 15) is 8.42 Å². The molecule has 2 aromatic rings. The lowest BCUT2D eigenvalue weighted by Gasteiger charge is -2.14. The van der Waals surface area contributed by atoms with Gasteiger partial charge in [-0.2, -0.15) is 5.10 Å². The van der Waals surface area contributed by atoms with Crippen LogP contribution in [0, 0.1) is 6.92 Å². The number of hydrogen-bond donors (Lipinski definition) is 1. The first-order valence-corrected chi connectivity index (χ1v) is 8.69. The highest BCUT2D eigenvalue weighted by atomic mass is 32.2. The van der Waals surface area contributed by atoms with E-state index in [1.54, 1.807) is 12.1 Å². The number of aromatic nitrogens is 2. The lowest BCUT2D eigenvalue weighted by molar-refractivity contribution is 0.571. The Kier molecular flexibility index (Phi) is 4.49.